The Hall–Kier alpha value is -3.81. The summed E-state index contributed by atoms with van der Waals surface area (Å²) in [4.78, 5) is 32.8. The van der Waals surface area contributed by atoms with Gasteiger partial charge in [-0.25, -0.2) is 0 Å². The summed E-state index contributed by atoms with van der Waals surface area (Å²) in [5.41, 5.74) is 1.76. The number of fused-ring (bicyclic) bond motifs is 1. The number of Topliss-reactive ketones (excluding diaryl/α,β-unsaturated/α-hetero) is 1. The molecule has 1 atom stereocenters. The lowest BCUT2D eigenvalue weighted by molar-refractivity contribution is -0.117. The number of aromatic nitrogens is 1. The Labute approximate surface area is 210 Å². The predicted molar refractivity (Wildman–Crippen MR) is 132 cm³/mol. The molecule has 2 aromatic heterocycles. The van der Waals surface area contributed by atoms with Crippen LogP contribution in [-0.2, 0) is 4.79 Å². The minimum atomic E-state index is -0.991. The summed E-state index contributed by atoms with van der Waals surface area (Å²) < 4.78 is 11.1. The highest BCUT2D eigenvalue weighted by Gasteiger charge is 2.46. The second kappa shape index (κ2) is 8.76. The lowest BCUT2D eigenvalue weighted by Crippen LogP contribution is -2.32. The van der Waals surface area contributed by atoms with E-state index < -0.39 is 23.5 Å². The van der Waals surface area contributed by atoms with E-state index in [1.165, 1.54) is 18.1 Å². The molecule has 3 heterocycles. The molecule has 176 valence electrons. The molecule has 7 nitrogen and oxygen atoms in total. The summed E-state index contributed by atoms with van der Waals surface area (Å²) in [6.07, 6.45) is 1.55. The molecule has 1 unspecified atom stereocenters. The van der Waals surface area contributed by atoms with Crippen LogP contribution in [0.5, 0.6) is 5.75 Å². The second-order valence-electron chi connectivity index (χ2n) is 7.99. The van der Waals surface area contributed by atoms with Crippen molar-refractivity contribution in [2.24, 2.45) is 0 Å². The number of methoxy groups -OCH3 is 1. The molecule has 5 rings (SSSR count). The molecule has 1 amide bonds. The number of hydrogen-bond acceptors (Lipinski definition) is 6. The van der Waals surface area contributed by atoms with Crippen LogP contribution >= 0.6 is 23.2 Å². The average molecular weight is 509 g/mol. The lowest BCUT2D eigenvalue weighted by atomic mass is 9.97. The number of ketones is 1. The van der Waals surface area contributed by atoms with Gasteiger partial charge in [0.2, 0.25) is 5.78 Å². The van der Waals surface area contributed by atoms with Crippen LogP contribution in [-0.4, -0.2) is 28.9 Å². The number of hydrogen-bond donors (Lipinski definition) is 1. The van der Waals surface area contributed by atoms with Crippen LogP contribution in [0.4, 0.5) is 5.69 Å². The normalized spacial score (nSPS) is 15.8. The van der Waals surface area contributed by atoms with Crippen molar-refractivity contribution in [2.45, 2.75) is 13.0 Å². The molecule has 1 N–H and O–H groups in total. The first-order chi connectivity index (χ1) is 16.8. The van der Waals surface area contributed by atoms with Gasteiger partial charge in [0, 0.05) is 33.4 Å². The van der Waals surface area contributed by atoms with E-state index in [1.54, 1.807) is 61.7 Å². The zero-order valence-electron chi connectivity index (χ0n) is 18.6. The standard InChI is InChI=1S/C26H18Cl2N2O5/c1-13-9-15(27)6-7-18(13)30-22(17-5-3-4-8-29-17)21(24(32)26(30)33)23(31)19-11-14-10-16(28)12-20(34-2)25(14)35-19/h3-12,22,32H,1-2H3. The third-order valence-corrected chi connectivity index (χ3v) is 6.28. The van der Waals surface area contributed by atoms with Crippen LogP contribution in [0.3, 0.4) is 0 Å². The summed E-state index contributed by atoms with van der Waals surface area (Å²) in [5, 5.41) is 12.4. The van der Waals surface area contributed by atoms with Crippen molar-refractivity contribution >= 4 is 51.5 Å². The van der Waals surface area contributed by atoms with E-state index in [2.05, 4.69) is 4.98 Å². The number of carbonyl (C=O) groups is 2. The molecule has 0 bridgehead atoms. The van der Waals surface area contributed by atoms with Crippen molar-refractivity contribution in [3.8, 4) is 5.75 Å². The summed E-state index contributed by atoms with van der Waals surface area (Å²) in [7, 11) is 1.46. The maximum absolute atomic E-state index is 13.7. The molecule has 0 aliphatic carbocycles. The number of aliphatic hydroxyl groups is 1. The maximum atomic E-state index is 13.7. The minimum absolute atomic E-state index is 0.0782. The zero-order valence-corrected chi connectivity index (χ0v) is 20.1. The number of aryl methyl sites for hydroxylation is 1. The summed E-state index contributed by atoms with van der Waals surface area (Å²) in [6, 6.07) is 13.9. The van der Waals surface area contributed by atoms with Gasteiger partial charge in [0.1, 0.15) is 6.04 Å². The second-order valence-corrected chi connectivity index (χ2v) is 8.86. The highest BCUT2D eigenvalue weighted by atomic mass is 35.5. The largest absolute Gasteiger partial charge is 0.503 e. The first-order valence-electron chi connectivity index (χ1n) is 10.6. The Morgan fingerprint density at radius 3 is 2.60 bits per heavy atom. The van der Waals surface area contributed by atoms with Gasteiger partial charge in [-0.2, -0.15) is 0 Å². The molecule has 0 saturated heterocycles. The van der Waals surface area contributed by atoms with Gasteiger partial charge in [-0.15, -0.1) is 0 Å². The molecule has 1 aliphatic heterocycles. The number of aliphatic hydroxyl groups excluding tert-OH is 1. The number of amides is 1. The fourth-order valence-electron chi connectivity index (χ4n) is 4.27. The maximum Gasteiger partial charge on any atom is 0.294 e. The Kier molecular flexibility index (Phi) is 5.75. The molecule has 1 aliphatic rings. The van der Waals surface area contributed by atoms with Crippen LogP contribution in [0.25, 0.3) is 11.0 Å². The Balaban J connectivity index is 1.67. The average Bonchev–Trinajstić information content (AvgIpc) is 3.38. The molecular formula is C26H18Cl2N2O5. The van der Waals surface area contributed by atoms with Crippen molar-refractivity contribution in [3.05, 3.63) is 99.2 Å². The van der Waals surface area contributed by atoms with E-state index in [0.29, 0.717) is 43.7 Å². The van der Waals surface area contributed by atoms with Crippen LogP contribution in [0.1, 0.15) is 27.9 Å². The first kappa shape index (κ1) is 23.0. The van der Waals surface area contributed by atoms with Gasteiger partial charge in [0.15, 0.2) is 22.9 Å². The third-order valence-electron chi connectivity index (χ3n) is 5.83. The van der Waals surface area contributed by atoms with Crippen molar-refractivity contribution < 1.29 is 23.8 Å². The van der Waals surface area contributed by atoms with E-state index in [4.69, 9.17) is 32.4 Å². The SMILES string of the molecule is COc1cc(Cl)cc2cc(C(=O)C3=C(O)C(=O)N(c4ccc(Cl)cc4C)C3c3ccccn3)oc12. The molecule has 2 aromatic carbocycles. The quantitative estimate of drug-likeness (QED) is 0.321. The van der Waals surface area contributed by atoms with Gasteiger partial charge in [-0.3, -0.25) is 19.5 Å². The third kappa shape index (κ3) is 3.83. The molecule has 4 aromatic rings. The van der Waals surface area contributed by atoms with E-state index in [9.17, 15) is 14.7 Å². The molecule has 0 radical (unpaired) electrons. The van der Waals surface area contributed by atoms with E-state index in [0.717, 1.165) is 0 Å². The molecule has 0 fully saturated rings. The van der Waals surface area contributed by atoms with Crippen LogP contribution in [0.2, 0.25) is 10.0 Å². The minimum Gasteiger partial charge on any atom is -0.503 e. The summed E-state index contributed by atoms with van der Waals surface area (Å²) in [5.74, 6) is -1.79. The number of nitrogens with zero attached hydrogens (tertiary/aromatic N) is 2. The number of rotatable bonds is 5. The van der Waals surface area contributed by atoms with Gasteiger partial charge in [-0.1, -0.05) is 29.3 Å². The van der Waals surface area contributed by atoms with E-state index in [1.807, 2.05) is 0 Å². The van der Waals surface area contributed by atoms with Crippen LogP contribution < -0.4 is 9.64 Å². The van der Waals surface area contributed by atoms with Gasteiger partial charge in [0.05, 0.1) is 18.4 Å². The number of anilines is 1. The number of pyridine rings is 1. The molecule has 35 heavy (non-hydrogen) atoms. The van der Waals surface area contributed by atoms with Crippen molar-refractivity contribution in [2.75, 3.05) is 12.0 Å². The molecule has 0 spiro atoms. The number of ether oxygens (including phenoxy) is 1. The van der Waals surface area contributed by atoms with Gasteiger partial charge in [0.25, 0.3) is 5.91 Å². The number of furan rings is 1. The van der Waals surface area contributed by atoms with E-state index >= 15 is 0 Å². The Morgan fingerprint density at radius 2 is 1.91 bits per heavy atom. The fraction of sp³-hybridized carbons (Fsp3) is 0.115. The fourth-order valence-corrected chi connectivity index (χ4v) is 4.72. The highest BCUT2D eigenvalue weighted by molar-refractivity contribution is 6.32. The molecule has 0 saturated carbocycles. The lowest BCUT2D eigenvalue weighted by Gasteiger charge is -2.27. The van der Waals surface area contributed by atoms with E-state index in [-0.39, 0.29) is 11.3 Å². The predicted octanol–water partition coefficient (Wildman–Crippen LogP) is 6.23. The van der Waals surface area contributed by atoms with Crippen molar-refractivity contribution in [1.29, 1.82) is 0 Å². The number of carbonyl (C=O) groups excluding carboxylic acids is 2. The number of halogens is 2. The topological polar surface area (TPSA) is 92.9 Å². The monoisotopic (exact) mass is 508 g/mol. The van der Waals surface area contributed by atoms with Crippen LogP contribution in [0, 0.1) is 6.92 Å². The summed E-state index contributed by atoms with van der Waals surface area (Å²) >= 11 is 12.3. The highest BCUT2D eigenvalue weighted by Crippen LogP contribution is 2.43. The van der Waals surface area contributed by atoms with Crippen LogP contribution in [0.15, 0.2) is 76.5 Å². The van der Waals surface area contributed by atoms with Crippen molar-refractivity contribution in [3.63, 3.8) is 0 Å². The molecule has 9 heteroatoms. The van der Waals surface area contributed by atoms with Crippen molar-refractivity contribution in [1.82, 2.24) is 4.98 Å². The number of benzene rings is 2. The Morgan fingerprint density at radius 1 is 1.11 bits per heavy atom. The van der Waals surface area contributed by atoms with Gasteiger partial charge < -0.3 is 14.3 Å². The Bertz CT molecular complexity index is 1530. The zero-order chi connectivity index (χ0) is 24.9. The smallest absolute Gasteiger partial charge is 0.294 e. The molecular weight excluding hydrogens is 491 g/mol. The summed E-state index contributed by atoms with van der Waals surface area (Å²) in [6.45, 7) is 1.79. The van der Waals surface area contributed by atoms with Gasteiger partial charge in [-0.05, 0) is 55.0 Å². The first-order valence-corrected chi connectivity index (χ1v) is 11.3. The van der Waals surface area contributed by atoms with Gasteiger partial charge >= 0.3 is 0 Å².